The second-order valence-corrected chi connectivity index (χ2v) is 5.55. The van der Waals surface area contributed by atoms with Gasteiger partial charge in [0, 0.05) is 19.0 Å². The number of anilines is 1. The average Bonchev–Trinajstić information content (AvgIpc) is 2.38. The van der Waals surface area contributed by atoms with Gasteiger partial charge in [0.05, 0.1) is 12.2 Å². The van der Waals surface area contributed by atoms with E-state index in [-0.39, 0.29) is 5.92 Å². The monoisotopic (exact) mass is 280 g/mol. The minimum absolute atomic E-state index is 0.289. The molecule has 1 aromatic rings. The Kier molecular flexibility index (Phi) is 6.71. The topological polar surface area (TPSA) is 50.3 Å². The number of nitrogens with one attached hydrogen (secondary N) is 1. The summed E-state index contributed by atoms with van der Waals surface area (Å²) in [6.07, 6.45) is 0.990. The molecule has 0 amide bonds. The summed E-state index contributed by atoms with van der Waals surface area (Å²) >= 11 is 0. The van der Waals surface area contributed by atoms with E-state index in [9.17, 15) is 0 Å². The lowest BCUT2D eigenvalue weighted by atomic mass is 10.2. The molecular weight excluding hydrogens is 252 g/mol. The van der Waals surface area contributed by atoms with Crippen molar-refractivity contribution in [3.8, 4) is 5.88 Å². The summed E-state index contributed by atoms with van der Waals surface area (Å²) in [6, 6.07) is 0. The van der Waals surface area contributed by atoms with E-state index in [0.717, 1.165) is 36.7 Å². The van der Waals surface area contributed by atoms with Crippen molar-refractivity contribution in [1.82, 2.24) is 14.9 Å². The van der Waals surface area contributed by atoms with E-state index < -0.39 is 0 Å². The van der Waals surface area contributed by atoms with Crippen LogP contribution in [-0.4, -0.2) is 48.7 Å². The largest absolute Gasteiger partial charge is 0.477 e. The maximum atomic E-state index is 5.85. The first-order valence-electron chi connectivity index (χ1n) is 7.35. The highest BCUT2D eigenvalue weighted by Gasteiger charge is 2.13. The molecule has 0 unspecified atom stereocenters. The Morgan fingerprint density at radius 1 is 1.25 bits per heavy atom. The lowest BCUT2D eigenvalue weighted by Gasteiger charge is -2.16. The number of aromatic nitrogens is 2. The molecule has 1 rings (SSSR count). The van der Waals surface area contributed by atoms with Crippen LogP contribution in [0.3, 0.4) is 0 Å². The molecule has 0 radical (unpaired) electrons. The van der Waals surface area contributed by atoms with E-state index in [0.29, 0.717) is 12.5 Å². The third-order valence-electron chi connectivity index (χ3n) is 2.97. The fraction of sp³-hybridized carbons (Fsp3) is 0.733. The van der Waals surface area contributed by atoms with Gasteiger partial charge in [-0.3, -0.25) is 0 Å². The van der Waals surface area contributed by atoms with Crippen LogP contribution >= 0.6 is 0 Å². The Morgan fingerprint density at radius 3 is 2.50 bits per heavy atom. The summed E-state index contributed by atoms with van der Waals surface area (Å²) in [7, 11) is 4.13. The van der Waals surface area contributed by atoms with E-state index in [1.807, 2.05) is 6.92 Å². The van der Waals surface area contributed by atoms with Gasteiger partial charge in [0.2, 0.25) is 5.88 Å². The molecule has 5 heteroatoms. The molecule has 114 valence electrons. The van der Waals surface area contributed by atoms with Crippen molar-refractivity contribution < 1.29 is 4.74 Å². The lowest BCUT2D eigenvalue weighted by Crippen LogP contribution is -2.16. The fourth-order valence-corrected chi connectivity index (χ4v) is 1.80. The highest BCUT2D eigenvalue weighted by Crippen LogP contribution is 2.24. The zero-order valence-electron chi connectivity index (χ0n) is 13.7. The number of rotatable bonds is 8. The summed E-state index contributed by atoms with van der Waals surface area (Å²) in [6.45, 7) is 10.8. The van der Waals surface area contributed by atoms with E-state index in [1.54, 1.807) is 0 Å². The Bertz CT molecular complexity index is 419. The quantitative estimate of drug-likeness (QED) is 0.742. The average molecular weight is 280 g/mol. The maximum Gasteiger partial charge on any atom is 0.221 e. The van der Waals surface area contributed by atoms with Crippen LogP contribution in [0, 0.1) is 6.92 Å². The standard InChI is InChI=1S/C15H28N4O/c1-7-16-14-12(4)15(18-13(17-14)11(2)3)20-10-8-9-19(5)6/h11H,7-10H2,1-6H3,(H,16,17,18). The summed E-state index contributed by atoms with van der Waals surface area (Å²) in [5.41, 5.74) is 0.987. The van der Waals surface area contributed by atoms with Gasteiger partial charge in [-0.15, -0.1) is 0 Å². The van der Waals surface area contributed by atoms with Crippen LogP contribution < -0.4 is 10.1 Å². The van der Waals surface area contributed by atoms with Crippen molar-refractivity contribution in [3.05, 3.63) is 11.4 Å². The summed E-state index contributed by atoms with van der Waals surface area (Å²) in [5, 5.41) is 3.28. The minimum Gasteiger partial charge on any atom is -0.477 e. The third-order valence-corrected chi connectivity index (χ3v) is 2.97. The molecule has 1 aromatic heterocycles. The molecular formula is C15H28N4O. The smallest absolute Gasteiger partial charge is 0.221 e. The summed E-state index contributed by atoms with van der Waals surface area (Å²) in [4.78, 5) is 11.3. The molecule has 0 aliphatic carbocycles. The molecule has 0 aliphatic heterocycles. The predicted octanol–water partition coefficient (Wildman–Crippen LogP) is 2.67. The Labute approximate surface area is 122 Å². The molecule has 5 nitrogen and oxygen atoms in total. The van der Waals surface area contributed by atoms with Crippen molar-refractivity contribution in [3.63, 3.8) is 0 Å². The molecule has 0 saturated carbocycles. The van der Waals surface area contributed by atoms with Gasteiger partial charge in [-0.2, -0.15) is 4.98 Å². The zero-order chi connectivity index (χ0) is 15.1. The normalized spacial score (nSPS) is 11.2. The van der Waals surface area contributed by atoms with E-state index >= 15 is 0 Å². The zero-order valence-corrected chi connectivity index (χ0v) is 13.7. The van der Waals surface area contributed by atoms with Gasteiger partial charge in [0.1, 0.15) is 11.6 Å². The van der Waals surface area contributed by atoms with Crippen LogP contribution in [0.15, 0.2) is 0 Å². The predicted molar refractivity (Wildman–Crippen MR) is 83.7 cm³/mol. The van der Waals surface area contributed by atoms with Crippen LogP contribution in [0.1, 0.15) is 44.5 Å². The van der Waals surface area contributed by atoms with Crippen LogP contribution in [-0.2, 0) is 0 Å². The molecule has 0 atom stereocenters. The first-order valence-corrected chi connectivity index (χ1v) is 7.35. The maximum absolute atomic E-state index is 5.85. The van der Waals surface area contributed by atoms with Gasteiger partial charge in [0.25, 0.3) is 0 Å². The Hall–Kier alpha value is -1.36. The van der Waals surface area contributed by atoms with E-state index in [4.69, 9.17) is 4.74 Å². The van der Waals surface area contributed by atoms with Crippen LogP contribution in [0.5, 0.6) is 5.88 Å². The minimum atomic E-state index is 0.289. The van der Waals surface area contributed by atoms with Gasteiger partial charge < -0.3 is 15.0 Å². The molecule has 1 heterocycles. The van der Waals surface area contributed by atoms with Gasteiger partial charge in [-0.25, -0.2) is 4.98 Å². The van der Waals surface area contributed by atoms with E-state index in [2.05, 4.69) is 55.1 Å². The Balaban J connectivity index is 2.81. The third kappa shape index (κ3) is 4.96. The molecule has 0 saturated heterocycles. The first kappa shape index (κ1) is 16.7. The second kappa shape index (κ2) is 8.04. The van der Waals surface area contributed by atoms with Gasteiger partial charge in [0.15, 0.2) is 0 Å². The molecule has 0 fully saturated rings. The molecule has 0 spiro atoms. The highest BCUT2D eigenvalue weighted by molar-refractivity contribution is 5.48. The first-order chi connectivity index (χ1) is 9.45. The Morgan fingerprint density at radius 2 is 1.95 bits per heavy atom. The highest BCUT2D eigenvalue weighted by atomic mass is 16.5. The lowest BCUT2D eigenvalue weighted by molar-refractivity contribution is 0.270. The van der Waals surface area contributed by atoms with Crippen molar-refractivity contribution in [2.75, 3.05) is 39.1 Å². The van der Waals surface area contributed by atoms with Crippen molar-refractivity contribution in [2.24, 2.45) is 0 Å². The molecule has 20 heavy (non-hydrogen) atoms. The van der Waals surface area contributed by atoms with Crippen molar-refractivity contribution in [1.29, 1.82) is 0 Å². The summed E-state index contributed by atoms with van der Waals surface area (Å²) < 4.78 is 5.85. The second-order valence-electron chi connectivity index (χ2n) is 5.55. The SMILES string of the molecule is CCNc1nc(C(C)C)nc(OCCCN(C)C)c1C. The summed E-state index contributed by atoms with van der Waals surface area (Å²) in [5.74, 6) is 2.71. The van der Waals surface area contributed by atoms with Crippen molar-refractivity contribution in [2.45, 2.75) is 40.0 Å². The number of hydrogen-bond donors (Lipinski definition) is 1. The fourth-order valence-electron chi connectivity index (χ4n) is 1.80. The molecule has 1 N–H and O–H groups in total. The molecule has 0 aliphatic rings. The number of hydrogen-bond acceptors (Lipinski definition) is 5. The number of nitrogens with zero attached hydrogens (tertiary/aromatic N) is 3. The van der Waals surface area contributed by atoms with Crippen LogP contribution in [0.4, 0.5) is 5.82 Å². The molecule has 0 aromatic carbocycles. The van der Waals surface area contributed by atoms with Gasteiger partial charge >= 0.3 is 0 Å². The van der Waals surface area contributed by atoms with Crippen LogP contribution in [0.2, 0.25) is 0 Å². The van der Waals surface area contributed by atoms with Crippen LogP contribution in [0.25, 0.3) is 0 Å². The number of ether oxygens (including phenoxy) is 1. The van der Waals surface area contributed by atoms with Gasteiger partial charge in [-0.1, -0.05) is 13.8 Å². The van der Waals surface area contributed by atoms with Gasteiger partial charge in [-0.05, 0) is 34.4 Å². The van der Waals surface area contributed by atoms with Crippen molar-refractivity contribution >= 4 is 5.82 Å². The molecule has 0 bridgehead atoms. The van der Waals surface area contributed by atoms with E-state index in [1.165, 1.54) is 0 Å².